The van der Waals surface area contributed by atoms with E-state index in [1.165, 1.54) is 0 Å². The van der Waals surface area contributed by atoms with Crippen molar-refractivity contribution in [3.63, 3.8) is 0 Å². The molecule has 3 aliphatic rings. The van der Waals surface area contributed by atoms with Crippen LogP contribution in [0.3, 0.4) is 0 Å². The van der Waals surface area contributed by atoms with Crippen molar-refractivity contribution in [1.29, 1.82) is 0 Å². The summed E-state index contributed by atoms with van der Waals surface area (Å²) in [5.41, 5.74) is 0.712. The second-order valence-electron chi connectivity index (χ2n) is 8.88. The Balaban J connectivity index is 1.55. The van der Waals surface area contributed by atoms with Crippen molar-refractivity contribution in [3.05, 3.63) is 35.4 Å². The van der Waals surface area contributed by atoms with E-state index in [1.54, 1.807) is 4.90 Å². The molecule has 1 aliphatic carbocycles. The lowest BCUT2D eigenvalue weighted by molar-refractivity contribution is -0.140. The average molecular weight is 434 g/mol. The number of nitrogens with one attached hydrogen (secondary N) is 1. The maximum absolute atomic E-state index is 13.3. The van der Waals surface area contributed by atoms with Crippen LogP contribution in [0.4, 0.5) is 4.79 Å². The predicted octanol–water partition coefficient (Wildman–Crippen LogP) is 1.05. The third-order valence-electron chi connectivity index (χ3n) is 6.25. The highest BCUT2D eigenvalue weighted by Crippen LogP contribution is 2.41. The summed E-state index contributed by atoms with van der Waals surface area (Å²) in [6.45, 7) is 3.90. The zero-order valence-electron chi connectivity index (χ0n) is 17.3. The Morgan fingerprint density at radius 1 is 1.30 bits per heavy atom. The fourth-order valence-electron chi connectivity index (χ4n) is 4.83. The van der Waals surface area contributed by atoms with Crippen LogP contribution in [0, 0.1) is 5.92 Å². The number of urea groups is 1. The van der Waals surface area contributed by atoms with Gasteiger partial charge in [0.15, 0.2) is 9.84 Å². The molecule has 2 atom stereocenters. The molecule has 0 radical (unpaired) electrons. The molecular weight excluding hydrogens is 406 g/mol. The molecule has 2 aliphatic heterocycles. The Labute approximate surface area is 176 Å². The zero-order valence-corrected chi connectivity index (χ0v) is 18.1. The van der Waals surface area contributed by atoms with Crippen LogP contribution in [0.1, 0.15) is 37.8 Å². The maximum Gasteiger partial charge on any atom is 0.325 e. The Morgan fingerprint density at radius 2 is 2.03 bits per heavy atom. The first-order valence-electron chi connectivity index (χ1n) is 10.4. The number of hydrogen-bond donors (Lipinski definition) is 1. The number of aryl methyl sites for hydroxylation is 1. The van der Waals surface area contributed by atoms with Crippen LogP contribution in [-0.4, -0.2) is 66.7 Å². The summed E-state index contributed by atoms with van der Waals surface area (Å²) in [7, 11) is -3.16. The normalized spacial score (nSPS) is 27.0. The molecular formula is C21H27N3O5S. The standard InChI is InChI=1S/C21H27N3O5S/c1-14(2)11-23(16-8-10-30(28,29)13-16)18(25)12-24-19(26)21(22-20(24)27)9-7-15-5-3-4-6-17(15)21/h3-6,14,16H,7-13H2,1-2H3,(H,22,27)/t16-,21-/m1/s1. The van der Waals surface area contributed by atoms with Gasteiger partial charge in [0.2, 0.25) is 5.91 Å². The lowest BCUT2D eigenvalue weighted by Crippen LogP contribution is -2.49. The highest BCUT2D eigenvalue weighted by Gasteiger charge is 2.55. The van der Waals surface area contributed by atoms with Crippen LogP contribution in [0.2, 0.25) is 0 Å². The number of amides is 4. The van der Waals surface area contributed by atoms with Gasteiger partial charge in [0, 0.05) is 12.6 Å². The van der Waals surface area contributed by atoms with Gasteiger partial charge < -0.3 is 10.2 Å². The van der Waals surface area contributed by atoms with Gasteiger partial charge in [-0.05, 0) is 36.3 Å². The van der Waals surface area contributed by atoms with Gasteiger partial charge in [0.05, 0.1) is 11.5 Å². The van der Waals surface area contributed by atoms with Crippen molar-refractivity contribution in [2.75, 3.05) is 24.6 Å². The molecule has 4 amide bonds. The molecule has 1 aromatic carbocycles. The van der Waals surface area contributed by atoms with E-state index >= 15 is 0 Å². The smallest absolute Gasteiger partial charge is 0.325 e. The van der Waals surface area contributed by atoms with Crippen LogP contribution < -0.4 is 5.32 Å². The van der Waals surface area contributed by atoms with Gasteiger partial charge in [0.25, 0.3) is 5.91 Å². The molecule has 2 fully saturated rings. The number of sulfone groups is 1. The van der Waals surface area contributed by atoms with E-state index in [0.29, 0.717) is 25.8 Å². The zero-order chi connectivity index (χ0) is 21.7. The number of nitrogens with zero attached hydrogens (tertiary/aromatic N) is 2. The van der Waals surface area contributed by atoms with E-state index in [2.05, 4.69) is 5.32 Å². The molecule has 4 rings (SSSR count). The van der Waals surface area contributed by atoms with Gasteiger partial charge in [-0.2, -0.15) is 0 Å². The number of fused-ring (bicyclic) bond motifs is 2. The monoisotopic (exact) mass is 433 g/mol. The first-order chi connectivity index (χ1) is 14.1. The van der Waals surface area contributed by atoms with Crippen molar-refractivity contribution in [2.24, 2.45) is 5.92 Å². The minimum absolute atomic E-state index is 0.0581. The fraction of sp³-hybridized carbons (Fsp3) is 0.571. The molecule has 30 heavy (non-hydrogen) atoms. The van der Waals surface area contributed by atoms with Crippen molar-refractivity contribution in [3.8, 4) is 0 Å². The summed E-state index contributed by atoms with van der Waals surface area (Å²) in [4.78, 5) is 41.6. The highest BCUT2D eigenvalue weighted by atomic mass is 32.2. The molecule has 1 spiro atoms. The fourth-order valence-corrected chi connectivity index (χ4v) is 6.56. The first kappa shape index (κ1) is 20.8. The van der Waals surface area contributed by atoms with Crippen molar-refractivity contribution >= 4 is 27.7 Å². The van der Waals surface area contributed by atoms with Gasteiger partial charge in [-0.3, -0.25) is 14.5 Å². The van der Waals surface area contributed by atoms with Crippen LogP contribution >= 0.6 is 0 Å². The molecule has 1 N–H and O–H groups in total. The quantitative estimate of drug-likeness (QED) is 0.699. The molecule has 162 valence electrons. The predicted molar refractivity (Wildman–Crippen MR) is 110 cm³/mol. The van der Waals surface area contributed by atoms with Crippen molar-refractivity contribution < 1.29 is 22.8 Å². The highest BCUT2D eigenvalue weighted by molar-refractivity contribution is 7.91. The lowest BCUT2D eigenvalue weighted by Gasteiger charge is -2.31. The summed E-state index contributed by atoms with van der Waals surface area (Å²) >= 11 is 0. The number of hydrogen-bond acceptors (Lipinski definition) is 5. The number of benzene rings is 1. The van der Waals surface area contributed by atoms with Crippen LogP contribution in [-0.2, 0) is 31.4 Å². The Morgan fingerprint density at radius 3 is 2.70 bits per heavy atom. The summed E-state index contributed by atoms with van der Waals surface area (Å²) < 4.78 is 23.8. The summed E-state index contributed by atoms with van der Waals surface area (Å²) in [6, 6.07) is 6.55. The minimum atomic E-state index is -3.16. The van der Waals surface area contributed by atoms with Gasteiger partial charge in [-0.25, -0.2) is 13.2 Å². The second-order valence-corrected chi connectivity index (χ2v) is 11.1. The second kappa shape index (κ2) is 7.37. The number of carbonyl (C=O) groups excluding carboxylic acids is 3. The van der Waals surface area contributed by atoms with E-state index in [9.17, 15) is 22.8 Å². The van der Waals surface area contributed by atoms with Gasteiger partial charge in [0.1, 0.15) is 12.1 Å². The SMILES string of the molecule is CC(C)CN(C(=O)CN1C(=O)N[C@@]2(CCc3ccccc32)C1=O)[C@@H]1CCS(=O)(=O)C1. The van der Waals surface area contributed by atoms with Crippen LogP contribution in [0.25, 0.3) is 0 Å². The molecule has 0 aromatic heterocycles. The van der Waals surface area contributed by atoms with Crippen molar-refractivity contribution in [2.45, 2.75) is 44.7 Å². The molecule has 2 saturated heterocycles. The van der Waals surface area contributed by atoms with E-state index in [-0.39, 0.29) is 24.0 Å². The molecule has 0 bridgehead atoms. The Bertz CT molecular complexity index is 1010. The first-order valence-corrected chi connectivity index (χ1v) is 12.2. The minimum Gasteiger partial charge on any atom is -0.337 e. The number of carbonyl (C=O) groups is 3. The molecule has 9 heteroatoms. The molecule has 2 heterocycles. The van der Waals surface area contributed by atoms with Gasteiger partial charge in [-0.15, -0.1) is 0 Å². The van der Waals surface area contributed by atoms with Crippen LogP contribution in [0.5, 0.6) is 0 Å². The van der Waals surface area contributed by atoms with Crippen LogP contribution in [0.15, 0.2) is 24.3 Å². The van der Waals surface area contributed by atoms with E-state index in [1.807, 2.05) is 38.1 Å². The van der Waals surface area contributed by atoms with E-state index in [4.69, 9.17) is 0 Å². The summed E-state index contributed by atoms with van der Waals surface area (Å²) in [6.07, 6.45) is 1.54. The Hall–Kier alpha value is -2.42. The Kier molecular flexibility index (Phi) is 5.12. The lowest BCUT2D eigenvalue weighted by atomic mass is 9.92. The summed E-state index contributed by atoms with van der Waals surface area (Å²) in [5.74, 6) is -0.675. The topological polar surface area (TPSA) is 104 Å². The largest absolute Gasteiger partial charge is 0.337 e. The van der Waals surface area contributed by atoms with Gasteiger partial charge in [-0.1, -0.05) is 38.1 Å². The average Bonchev–Trinajstić information content (AvgIpc) is 3.30. The molecule has 8 nitrogen and oxygen atoms in total. The molecule has 0 saturated carbocycles. The summed E-state index contributed by atoms with van der Waals surface area (Å²) in [5, 5.41) is 2.82. The molecule has 0 unspecified atom stereocenters. The van der Waals surface area contributed by atoms with Gasteiger partial charge >= 0.3 is 6.03 Å². The van der Waals surface area contributed by atoms with E-state index < -0.39 is 39.3 Å². The third-order valence-corrected chi connectivity index (χ3v) is 8.00. The number of imide groups is 1. The maximum atomic E-state index is 13.3. The number of rotatable bonds is 5. The molecule has 1 aromatic rings. The third kappa shape index (κ3) is 3.49. The van der Waals surface area contributed by atoms with E-state index in [0.717, 1.165) is 16.0 Å². The van der Waals surface area contributed by atoms with Crippen molar-refractivity contribution in [1.82, 2.24) is 15.1 Å².